The highest BCUT2D eigenvalue weighted by Gasteiger charge is 2.17. The third kappa shape index (κ3) is 6.60. The summed E-state index contributed by atoms with van der Waals surface area (Å²) in [7, 11) is 0. The molecule has 0 spiro atoms. The Bertz CT molecular complexity index is 689. The predicted octanol–water partition coefficient (Wildman–Crippen LogP) is 2.88. The molecule has 1 aliphatic carbocycles. The van der Waals surface area contributed by atoms with Crippen molar-refractivity contribution in [3.8, 4) is 11.8 Å². The molecule has 1 aromatic rings. The molecule has 6 nitrogen and oxygen atoms in total. The van der Waals surface area contributed by atoms with Crippen LogP contribution in [0.2, 0.25) is 0 Å². The van der Waals surface area contributed by atoms with Gasteiger partial charge < -0.3 is 14.8 Å². The summed E-state index contributed by atoms with van der Waals surface area (Å²) in [6.45, 7) is 1.78. The van der Waals surface area contributed by atoms with Crippen molar-refractivity contribution in [1.82, 2.24) is 5.32 Å². The molecule has 1 aliphatic rings. The Morgan fingerprint density at radius 1 is 1.27 bits per heavy atom. The van der Waals surface area contributed by atoms with Gasteiger partial charge in [-0.15, -0.1) is 0 Å². The molecule has 0 aliphatic heterocycles. The lowest BCUT2D eigenvalue weighted by atomic mass is 9.97. The van der Waals surface area contributed by atoms with Gasteiger partial charge in [-0.1, -0.05) is 11.6 Å². The highest BCUT2D eigenvalue weighted by Crippen LogP contribution is 2.19. The van der Waals surface area contributed by atoms with E-state index in [0.29, 0.717) is 17.9 Å². The third-order valence-corrected chi connectivity index (χ3v) is 4.13. The Balaban J connectivity index is 1.65. The zero-order valence-electron chi connectivity index (χ0n) is 15.0. The zero-order valence-corrected chi connectivity index (χ0v) is 15.0. The molecule has 1 amide bonds. The summed E-state index contributed by atoms with van der Waals surface area (Å²) in [6.07, 6.45) is 6.94. The minimum Gasteiger partial charge on any atom is -0.479 e. The van der Waals surface area contributed by atoms with E-state index in [-0.39, 0.29) is 12.5 Å². The van der Waals surface area contributed by atoms with Gasteiger partial charge in [0.15, 0.2) is 12.7 Å². The molecule has 1 aromatic carbocycles. The van der Waals surface area contributed by atoms with Crippen molar-refractivity contribution in [1.29, 1.82) is 5.26 Å². The molecule has 138 valence electrons. The summed E-state index contributed by atoms with van der Waals surface area (Å²) >= 11 is 0. The number of allylic oxidation sites excluding steroid dienone is 1. The average Bonchev–Trinajstić information content (AvgIpc) is 2.67. The fraction of sp³-hybridized carbons (Fsp3) is 0.450. The summed E-state index contributed by atoms with van der Waals surface area (Å²) in [5, 5.41) is 11.5. The van der Waals surface area contributed by atoms with Gasteiger partial charge in [0.2, 0.25) is 0 Å². The molecule has 0 fully saturated rings. The Kier molecular flexibility index (Phi) is 7.69. The molecule has 0 bridgehead atoms. The first-order valence-electron chi connectivity index (χ1n) is 8.86. The molecule has 0 heterocycles. The van der Waals surface area contributed by atoms with Gasteiger partial charge in [0.25, 0.3) is 5.91 Å². The number of benzene rings is 1. The minimum absolute atomic E-state index is 0.319. The summed E-state index contributed by atoms with van der Waals surface area (Å²) in [5.41, 5.74) is 1.89. The van der Waals surface area contributed by atoms with Crippen LogP contribution in [0.4, 0.5) is 0 Å². The maximum atomic E-state index is 11.9. The standard InChI is InChI=1S/C20H24N2O4/c1-15(26-18-9-7-17(13-21)8-10-18)20(24)25-14-19(23)22-12-11-16-5-3-2-4-6-16/h5,7-10,15H,2-4,6,11-12,14H2,1H3,(H,22,23)/t15-/m1/s1. The number of rotatable bonds is 8. The van der Waals surface area contributed by atoms with Gasteiger partial charge in [-0.05, 0) is 63.3 Å². The highest BCUT2D eigenvalue weighted by molar-refractivity contribution is 5.81. The zero-order chi connectivity index (χ0) is 18.8. The maximum absolute atomic E-state index is 11.9. The molecular formula is C20H24N2O4. The fourth-order valence-electron chi connectivity index (χ4n) is 2.66. The first-order valence-corrected chi connectivity index (χ1v) is 8.86. The Hall–Kier alpha value is -2.81. The number of ether oxygens (including phenoxy) is 2. The lowest BCUT2D eigenvalue weighted by Gasteiger charge is -2.15. The minimum atomic E-state index is -0.844. The molecule has 1 atom stereocenters. The van der Waals surface area contributed by atoms with Crippen molar-refractivity contribution in [3.05, 3.63) is 41.5 Å². The molecule has 0 saturated carbocycles. The number of nitrogens with one attached hydrogen (secondary N) is 1. The monoisotopic (exact) mass is 356 g/mol. The lowest BCUT2D eigenvalue weighted by Crippen LogP contribution is -2.33. The summed E-state index contributed by atoms with van der Waals surface area (Å²) in [4.78, 5) is 23.7. The molecule has 0 radical (unpaired) electrons. The third-order valence-electron chi connectivity index (χ3n) is 4.13. The van der Waals surface area contributed by atoms with Crippen molar-refractivity contribution >= 4 is 11.9 Å². The quantitative estimate of drug-likeness (QED) is 0.571. The van der Waals surface area contributed by atoms with E-state index in [2.05, 4.69) is 11.4 Å². The largest absolute Gasteiger partial charge is 0.479 e. The number of carbonyl (C=O) groups excluding carboxylic acids is 2. The van der Waals surface area contributed by atoms with Gasteiger partial charge in [0, 0.05) is 6.54 Å². The number of hydrogen-bond acceptors (Lipinski definition) is 5. The van der Waals surface area contributed by atoms with E-state index in [4.69, 9.17) is 14.7 Å². The second-order valence-corrected chi connectivity index (χ2v) is 6.21. The van der Waals surface area contributed by atoms with E-state index in [0.717, 1.165) is 19.3 Å². The summed E-state index contributed by atoms with van der Waals surface area (Å²) < 4.78 is 10.4. The number of nitrogens with zero attached hydrogens (tertiary/aromatic N) is 1. The van der Waals surface area contributed by atoms with Crippen LogP contribution >= 0.6 is 0 Å². The number of hydrogen-bond donors (Lipinski definition) is 1. The van der Waals surface area contributed by atoms with E-state index in [9.17, 15) is 9.59 Å². The number of carbonyl (C=O) groups is 2. The van der Waals surface area contributed by atoms with Gasteiger partial charge in [-0.3, -0.25) is 4.79 Å². The van der Waals surface area contributed by atoms with Crippen LogP contribution in [0.25, 0.3) is 0 Å². The highest BCUT2D eigenvalue weighted by atomic mass is 16.6. The number of esters is 1. The van der Waals surface area contributed by atoms with Crippen LogP contribution in [0, 0.1) is 11.3 Å². The van der Waals surface area contributed by atoms with E-state index in [1.807, 2.05) is 6.07 Å². The van der Waals surface area contributed by atoms with E-state index < -0.39 is 12.1 Å². The first-order chi connectivity index (χ1) is 12.6. The smallest absolute Gasteiger partial charge is 0.347 e. The molecule has 0 unspecified atom stereocenters. The van der Waals surface area contributed by atoms with Crippen LogP contribution in [-0.4, -0.2) is 31.1 Å². The van der Waals surface area contributed by atoms with E-state index in [1.165, 1.54) is 18.4 Å². The second-order valence-electron chi connectivity index (χ2n) is 6.21. The van der Waals surface area contributed by atoms with Gasteiger partial charge in [0.05, 0.1) is 11.6 Å². The van der Waals surface area contributed by atoms with Crippen molar-refractivity contribution < 1.29 is 19.1 Å². The second kappa shape index (κ2) is 10.2. The molecule has 0 aromatic heterocycles. The van der Waals surface area contributed by atoms with Crippen LogP contribution in [0.15, 0.2) is 35.9 Å². The van der Waals surface area contributed by atoms with Crippen molar-refractivity contribution in [2.24, 2.45) is 0 Å². The van der Waals surface area contributed by atoms with Crippen LogP contribution in [-0.2, 0) is 14.3 Å². The SMILES string of the molecule is C[C@@H](Oc1ccc(C#N)cc1)C(=O)OCC(=O)NCCC1=CCCCC1. The summed E-state index contributed by atoms with van der Waals surface area (Å²) in [5.74, 6) is -0.474. The summed E-state index contributed by atoms with van der Waals surface area (Å²) in [6, 6.07) is 8.42. The van der Waals surface area contributed by atoms with E-state index >= 15 is 0 Å². The molecular weight excluding hydrogens is 332 g/mol. The molecule has 2 rings (SSSR count). The maximum Gasteiger partial charge on any atom is 0.347 e. The van der Waals surface area contributed by atoms with E-state index in [1.54, 1.807) is 31.2 Å². The van der Waals surface area contributed by atoms with Crippen LogP contribution in [0.3, 0.4) is 0 Å². The Morgan fingerprint density at radius 2 is 2.04 bits per heavy atom. The predicted molar refractivity (Wildman–Crippen MR) is 96.4 cm³/mol. The lowest BCUT2D eigenvalue weighted by molar-refractivity contribution is -0.154. The number of amides is 1. The molecule has 1 N–H and O–H groups in total. The Morgan fingerprint density at radius 3 is 2.69 bits per heavy atom. The van der Waals surface area contributed by atoms with Crippen molar-refractivity contribution in [2.75, 3.05) is 13.2 Å². The van der Waals surface area contributed by atoms with Crippen molar-refractivity contribution in [2.45, 2.75) is 45.1 Å². The van der Waals surface area contributed by atoms with Gasteiger partial charge >= 0.3 is 5.97 Å². The first kappa shape index (κ1) is 19.5. The van der Waals surface area contributed by atoms with Crippen molar-refractivity contribution in [3.63, 3.8) is 0 Å². The van der Waals surface area contributed by atoms with Gasteiger partial charge in [-0.25, -0.2) is 4.79 Å². The molecule has 6 heteroatoms. The van der Waals surface area contributed by atoms with Crippen LogP contribution in [0.5, 0.6) is 5.75 Å². The number of nitriles is 1. The van der Waals surface area contributed by atoms with Crippen LogP contribution in [0.1, 0.15) is 44.6 Å². The van der Waals surface area contributed by atoms with Gasteiger partial charge in [0.1, 0.15) is 5.75 Å². The fourth-order valence-corrected chi connectivity index (χ4v) is 2.66. The Labute approximate surface area is 153 Å². The molecule has 26 heavy (non-hydrogen) atoms. The normalized spacial score (nSPS) is 14.5. The average molecular weight is 356 g/mol. The molecule has 0 saturated heterocycles. The van der Waals surface area contributed by atoms with Gasteiger partial charge in [-0.2, -0.15) is 5.26 Å². The van der Waals surface area contributed by atoms with Crippen LogP contribution < -0.4 is 10.1 Å². The topological polar surface area (TPSA) is 88.4 Å².